The van der Waals surface area contributed by atoms with Crippen molar-refractivity contribution >= 4 is 22.9 Å². The lowest BCUT2D eigenvalue weighted by Crippen LogP contribution is -2.29. The first-order valence-corrected chi connectivity index (χ1v) is 8.92. The molecule has 2 rings (SSSR count). The molecule has 4 nitrogen and oxygen atoms in total. The number of hydrogen-bond acceptors (Lipinski definition) is 3. The zero-order valence-corrected chi connectivity index (χ0v) is 13.8. The van der Waals surface area contributed by atoms with Gasteiger partial charge in [-0.2, -0.15) is 0 Å². The average molecular weight is 349 g/mol. The molecule has 0 heterocycles. The van der Waals surface area contributed by atoms with Crippen LogP contribution in [0, 0.1) is 17.7 Å². The lowest BCUT2D eigenvalue weighted by Gasteiger charge is -2.31. The van der Waals surface area contributed by atoms with Gasteiger partial charge in [-0.1, -0.05) is 30.9 Å². The van der Waals surface area contributed by atoms with Crippen molar-refractivity contribution in [2.45, 2.75) is 32.1 Å². The third kappa shape index (κ3) is 5.50. The molecule has 0 bridgehead atoms. The first-order chi connectivity index (χ1) is 10.6. The predicted molar refractivity (Wildman–Crippen MR) is 83.9 cm³/mol. The molecule has 0 aliphatic heterocycles. The van der Waals surface area contributed by atoms with E-state index < -0.39 is 17.1 Å². The van der Waals surface area contributed by atoms with Gasteiger partial charge in [0.05, 0.1) is 11.6 Å². The highest BCUT2D eigenvalue weighted by atomic mass is 35.5. The predicted octanol–water partition coefficient (Wildman–Crippen LogP) is 3.44. The molecule has 1 aliphatic rings. The molecule has 1 aromatic rings. The lowest BCUT2D eigenvalue weighted by atomic mass is 9.78. The molecule has 1 fully saturated rings. The summed E-state index contributed by atoms with van der Waals surface area (Å²) < 4.78 is 42.5. The molecule has 0 spiro atoms. The van der Waals surface area contributed by atoms with E-state index in [9.17, 15) is 13.2 Å². The second-order valence-electron chi connectivity index (χ2n) is 5.61. The maximum atomic E-state index is 13.4. The summed E-state index contributed by atoms with van der Waals surface area (Å²) >= 11 is 3.44. The van der Waals surface area contributed by atoms with Crippen molar-refractivity contribution in [3.63, 3.8) is 0 Å². The Morgan fingerprint density at radius 2 is 2.09 bits per heavy atom. The molecule has 1 N–H and O–H groups in total. The van der Waals surface area contributed by atoms with E-state index in [1.165, 1.54) is 12.1 Å². The van der Waals surface area contributed by atoms with Crippen molar-refractivity contribution in [1.29, 1.82) is 0 Å². The van der Waals surface area contributed by atoms with Gasteiger partial charge >= 0.3 is 0 Å². The summed E-state index contributed by atoms with van der Waals surface area (Å²) in [4.78, 5) is 0. The lowest BCUT2D eigenvalue weighted by molar-refractivity contribution is 0.143. The molecule has 0 saturated heterocycles. The summed E-state index contributed by atoms with van der Waals surface area (Å²) in [6.45, 7) is 0.971. The fourth-order valence-electron chi connectivity index (χ4n) is 2.98. The van der Waals surface area contributed by atoms with Crippen molar-refractivity contribution in [3.8, 4) is 5.75 Å². The number of rotatable bonds is 7. The molecular formula is C15H20ClFNO3S-. The van der Waals surface area contributed by atoms with Crippen molar-refractivity contribution in [2.75, 3.05) is 13.2 Å². The largest absolute Gasteiger partial charge is 0.760 e. The highest BCUT2D eigenvalue weighted by Crippen LogP contribution is 2.33. The van der Waals surface area contributed by atoms with Crippen molar-refractivity contribution in [1.82, 2.24) is 4.72 Å². The van der Waals surface area contributed by atoms with Crippen LogP contribution in [0.4, 0.5) is 4.39 Å². The molecule has 7 heteroatoms. The summed E-state index contributed by atoms with van der Waals surface area (Å²) in [5.41, 5.74) is 0. The Bertz CT molecular complexity index is 518. The Kier molecular flexibility index (Phi) is 7.08. The van der Waals surface area contributed by atoms with Gasteiger partial charge in [-0.15, -0.1) is 0 Å². The minimum Gasteiger partial charge on any atom is -0.760 e. The first-order valence-electron chi connectivity index (χ1n) is 7.47. The summed E-state index contributed by atoms with van der Waals surface area (Å²) in [7, 11) is 0. The third-order valence-corrected chi connectivity index (χ3v) is 4.90. The Morgan fingerprint density at radius 1 is 1.36 bits per heavy atom. The van der Waals surface area contributed by atoms with E-state index in [4.69, 9.17) is 16.3 Å². The number of ether oxygens (including phenoxy) is 1. The van der Waals surface area contributed by atoms with Crippen LogP contribution in [0.3, 0.4) is 0 Å². The van der Waals surface area contributed by atoms with Gasteiger partial charge in [-0.3, -0.25) is 4.21 Å². The number of benzene rings is 1. The van der Waals surface area contributed by atoms with E-state index in [0.29, 0.717) is 30.7 Å². The molecule has 124 valence electrons. The Balaban J connectivity index is 1.85. The third-order valence-electron chi connectivity index (χ3n) is 4.16. The van der Waals surface area contributed by atoms with Crippen LogP contribution in [0.25, 0.3) is 0 Å². The highest BCUT2D eigenvalue weighted by Gasteiger charge is 2.25. The molecule has 3 atom stereocenters. The van der Waals surface area contributed by atoms with E-state index >= 15 is 0 Å². The minimum absolute atomic E-state index is 0.0829. The quantitative estimate of drug-likeness (QED) is 0.768. The zero-order valence-electron chi connectivity index (χ0n) is 12.2. The van der Waals surface area contributed by atoms with E-state index in [-0.39, 0.29) is 5.02 Å². The van der Waals surface area contributed by atoms with Gasteiger partial charge in [-0.05, 0) is 36.8 Å². The fraction of sp³-hybridized carbons (Fsp3) is 0.600. The summed E-state index contributed by atoms with van der Waals surface area (Å²) in [5, 5.41) is 0.0829. The van der Waals surface area contributed by atoms with Gasteiger partial charge < -0.3 is 9.29 Å². The Morgan fingerprint density at radius 3 is 2.77 bits per heavy atom. The van der Waals surface area contributed by atoms with Crippen LogP contribution in [-0.4, -0.2) is 21.9 Å². The monoisotopic (exact) mass is 348 g/mol. The summed E-state index contributed by atoms with van der Waals surface area (Å²) in [5.74, 6) is 0.794. The van der Waals surface area contributed by atoms with Gasteiger partial charge in [0, 0.05) is 23.9 Å². The maximum absolute atomic E-state index is 13.4. The smallest absolute Gasteiger partial charge is 0.145 e. The van der Waals surface area contributed by atoms with Gasteiger partial charge in [-0.25, -0.2) is 9.11 Å². The van der Waals surface area contributed by atoms with Crippen LogP contribution < -0.4 is 9.46 Å². The molecule has 22 heavy (non-hydrogen) atoms. The van der Waals surface area contributed by atoms with Gasteiger partial charge in [0.1, 0.15) is 11.6 Å². The van der Waals surface area contributed by atoms with Crippen molar-refractivity contribution in [2.24, 2.45) is 11.8 Å². The van der Waals surface area contributed by atoms with Crippen molar-refractivity contribution in [3.05, 3.63) is 29.0 Å². The van der Waals surface area contributed by atoms with Crippen LogP contribution in [0.15, 0.2) is 18.2 Å². The molecule has 1 saturated carbocycles. The van der Waals surface area contributed by atoms with E-state index in [1.54, 1.807) is 6.07 Å². The standard InChI is InChI=1S/C15H21ClFNO3S/c16-14-6-5-13(9-15(14)17)21-10-12-4-2-1-3-11(12)7-8-18-22(19)20/h5-6,9,11-12,18H,1-4,7-8,10H2,(H,19,20)/p-1. The van der Waals surface area contributed by atoms with Crippen LogP contribution in [-0.2, 0) is 11.3 Å². The normalized spacial score (nSPS) is 23.2. The average Bonchev–Trinajstić information content (AvgIpc) is 2.49. The van der Waals surface area contributed by atoms with Crippen LogP contribution >= 0.6 is 11.6 Å². The fourth-order valence-corrected chi connectivity index (χ4v) is 3.38. The van der Waals surface area contributed by atoms with Crippen LogP contribution in [0.1, 0.15) is 32.1 Å². The Labute approximate surface area is 137 Å². The molecule has 0 amide bonds. The van der Waals surface area contributed by atoms with E-state index in [2.05, 4.69) is 4.72 Å². The molecule has 3 unspecified atom stereocenters. The molecule has 0 aromatic heterocycles. The summed E-state index contributed by atoms with van der Waals surface area (Å²) in [6.07, 6.45) is 5.26. The number of hydrogen-bond donors (Lipinski definition) is 1. The molecular weight excluding hydrogens is 329 g/mol. The maximum Gasteiger partial charge on any atom is 0.145 e. The van der Waals surface area contributed by atoms with E-state index in [1.807, 2.05) is 0 Å². The topological polar surface area (TPSA) is 61.4 Å². The van der Waals surface area contributed by atoms with E-state index in [0.717, 1.165) is 32.1 Å². The van der Waals surface area contributed by atoms with Gasteiger partial charge in [0.15, 0.2) is 0 Å². The summed E-state index contributed by atoms with van der Waals surface area (Å²) in [6, 6.07) is 4.44. The zero-order chi connectivity index (χ0) is 15.9. The molecule has 1 aromatic carbocycles. The SMILES string of the molecule is O=S([O-])NCCC1CCCCC1COc1ccc(Cl)c(F)c1. The number of nitrogens with one attached hydrogen (secondary N) is 1. The molecule has 0 radical (unpaired) electrons. The minimum atomic E-state index is -2.20. The van der Waals surface area contributed by atoms with Crippen LogP contribution in [0.5, 0.6) is 5.75 Å². The van der Waals surface area contributed by atoms with Gasteiger partial charge in [0.2, 0.25) is 0 Å². The van der Waals surface area contributed by atoms with Crippen molar-refractivity contribution < 1.29 is 17.9 Å². The second kappa shape index (κ2) is 8.82. The van der Waals surface area contributed by atoms with Gasteiger partial charge in [0.25, 0.3) is 0 Å². The first kappa shape index (κ1) is 17.7. The second-order valence-corrected chi connectivity index (χ2v) is 6.77. The highest BCUT2D eigenvalue weighted by molar-refractivity contribution is 7.77. The molecule has 1 aliphatic carbocycles. The number of halogens is 2. The van der Waals surface area contributed by atoms with Crippen LogP contribution in [0.2, 0.25) is 5.02 Å². The Hall–Kier alpha value is -0.690.